The summed E-state index contributed by atoms with van der Waals surface area (Å²) >= 11 is 1.25. The van der Waals surface area contributed by atoms with Crippen LogP contribution in [-0.4, -0.2) is 22.3 Å². The first kappa shape index (κ1) is 9.55. The van der Waals surface area contributed by atoms with Gasteiger partial charge in [-0.1, -0.05) is 0 Å². The summed E-state index contributed by atoms with van der Waals surface area (Å²) in [6.45, 7) is 0. The van der Waals surface area contributed by atoms with Crippen molar-refractivity contribution in [2.75, 3.05) is 6.26 Å². The zero-order valence-electron chi connectivity index (χ0n) is 6.81. The SMILES string of the molecule is CSc1nc(C(=O)O)ccc1C#N. The zero-order valence-corrected chi connectivity index (χ0v) is 7.63. The molecule has 1 aromatic rings. The molecule has 0 aliphatic carbocycles. The third-order valence-electron chi connectivity index (χ3n) is 1.39. The van der Waals surface area contributed by atoms with Gasteiger partial charge in [-0.25, -0.2) is 9.78 Å². The van der Waals surface area contributed by atoms with Crippen molar-refractivity contribution >= 4 is 17.7 Å². The molecule has 0 saturated carbocycles. The number of aromatic nitrogens is 1. The molecule has 0 fully saturated rings. The normalized spacial score (nSPS) is 9.23. The summed E-state index contributed by atoms with van der Waals surface area (Å²) in [5, 5.41) is 17.7. The highest BCUT2D eigenvalue weighted by molar-refractivity contribution is 7.98. The molecule has 1 rings (SSSR count). The number of rotatable bonds is 2. The van der Waals surface area contributed by atoms with Crippen molar-refractivity contribution in [2.24, 2.45) is 0 Å². The lowest BCUT2D eigenvalue weighted by Gasteiger charge is -1.99. The minimum absolute atomic E-state index is 0.0386. The first-order valence-corrected chi connectivity index (χ1v) is 4.60. The van der Waals surface area contributed by atoms with Crippen LogP contribution >= 0.6 is 11.8 Å². The largest absolute Gasteiger partial charge is 0.477 e. The van der Waals surface area contributed by atoms with E-state index in [1.807, 2.05) is 6.07 Å². The van der Waals surface area contributed by atoms with Crippen LogP contribution in [0, 0.1) is 11.3 Å². The average molecular weight is 194 g/mol. The Bertz CT molecular complexity index is 384. The quantitative estimate of drug-likeness (QED) is 0.720. The minimum Gasteiger partial charge on any atom is -0.477 e. The van der Waals surface area contributed by atoms with Crippen molar-refractivity contribution in [3.8, 4) is 6.07 Å². The zero-order chi connectivity index (χ0) is 9.84. The van der Waals surface area contributed by atoms with Crippen LogP contribution in [-0.2, 0) is 0 Å². The molecule has 1 aromatic heterocycles. The number of hydrogen-bond acceptors (Lipinski definition) is 4. The van der Waals surface area contributed by atoms with Gasteiger partial charge in [0.25, 0.3) is 0 Å². The van der Waals surface area contributed by atoms with Crippen LogP contribution in [0.2, 0.25) is 0 Å². The smallest absolute Gasteiger partial charge is 0.354 e. The molecule has 0 aromatic carbocycles. The number of aromatic carboxylic acids is 1. The third kappa shape index (κ3) is 1.98. The van der Waals surface area contributed by atoms with E-state index in [-0.39, 0.29) is 5.69 Å². The maximum Gasteiger partial charge on any atom is 0.354 e. The number of carboxylic acids is 1. The van der Waals surface area contributed by atoms with E-state index >= 15 is 0 Å². The second-order valence-electron chi connectivity index (χ2n) is 2.17. The topological polar surface area (TPSA) is 74.0 Å². The molecule has 0 aliphatic rings. The van der Waals surface area contributed by atoms with Crippen LogP contribution < -0.4 is 0 Å². The van der Waals surface area contributed by atoms with Crippen molar-refractivity contribution in [1.29, 1.82) is 5.26 Å². The number of carboxylic acid groups (broad SMARTS) is 1. The molecule has 66 valence electrons. The molecule has 0 aliphatic heterocycles. The van der Waals surface area contributed by atoms with E-state index < -0.39 is 5.97 Å². The molecular formula is C8H6N2O2S. The first-order valence-electron chi connectivity index (χ1n) is 3.37. The van der Waals surface area contributed by atoms with Crippen molar-refractivity contribution in [3.63, 3.8) is 0 Å². The van der Waals surface area contributed by atoms with Gasteiger partial charge in [-0.2, -0.15) is 5.26 Å². The number of nitrogens with zero attached hydrogens (tertiary/aromatic N) is 2. The number of pyridine rings is 1. The molecule has 5 heteroatoms. The Hall–Kier alpha value is -1.54. The molecule has 0 unspecified atom stereocenters. The fourth-order valence-electron chi connectivity index (χ4n) is 0.800. The Morgan fingerprint density at radius 1 is 1.69 bits per heavy atom. The Morgan fingerprint density at radius 3 is 2.85 bits per heavy atom. The molecule has 0 amide bonds. The van der Waals surface area contributed by atoms with Gasteiger partial charge in [0.2, 0.25) is 0 Å². The molecule has 0 radical (unpaired) electrons. The molecule has 0 atom stereocenters. The van der Waals surface area contributed by atoms with Crippen molar-refractivity contribution in [1.82, 2.24) is 4.98 Å². The van der Waals surface area contributed by atoms with Crippen LogP contribution in [0.1, 0.15) is 16.1 Å². The van der Waals surface area contributed by atoms with Gasteiger partial charge in [-0.15, -0.1) is 11.8 Å². The summed E-state index contributed by atoms with van der Waals surface area (Å²) in [4.78, 5) is 14.3. The Balaban J connectivity index is 3.23. The average Bonchev–Trinajstić information content (AvgIpc) is 2.16. The predicted molar refractivity (Wildman–Crippen MR) is 47.7 cm³/mol. The summed E-state index contributed by atoms with van der Waals surface area (Å²) < 4.78 is 0. The highest BCUT2D eigenvalue weighted by Crippen LogP contribution is 2.17. The van der Waals surface area contributed by atoms with E-state index in [4.69, 9.17) is 10.4 Å². The van der Waals surface area contributed by atoms with E-state index in [2.05, 4.69) is 4.98 Å². The number of hydrogen-bond donors (Lipinski definition) is 1. The lowest BCUT2D eigenvalue weighted by atomic mass is 10.3. The molecule has 13 heavy (non-hydrogen) atoms. The van der Waals surface area contributed by atoms with E-state index in [0.29, 0.717) is 10.6 Å². The summed E-state index contributed by atoms with van der Waals surface area (Å²) in [5.41, 5.74) is 0.362. The van der Waals surface area contributed by atoms with E-state index in [1.165, 1.54) is 23.9 Å². The first-order chi connectivity index (χ1) is 6.19. The Morgan fingerprint density at radius 2 is 2.38 bits per heavy atom. The molecular weight excluding hydrogens is 188 g/mol. The van der Waals surface area contributed by atoms with Crippen LogP contribution in [0.25, 0.3) is 0 Å². The van der Waals surface area contributed by atoms with Gasteiger partial charge >= 0.3 is 5.97 Å². The van der Waals surface area contributed by atoms with Crippen LogP contribution in [0.4, 0.5) is 0 Å². The summed E-state index contributed by atoms with van der Waals surface area (Å²) in [7, 11) is 0. The standard InChI is InChI=1S/C8H6N2O2S/c1-13-7-5(4-9)2-3-6(10-7)8(11)12/h2-3H,1H3,(H,11,12). The molecule has 0 spiro atoms. The molecule has 0 bridgehead atoms. The number of thioether (sulfide) groups is 1. The monoisotopic (exact) mass is 194 g/mol. The molecule has 1 heterocycles. The number of nitriles is 1. The highest BCUT2D eigenvalue weighted by Gasteiger charge is 2.08. The van der Waals surface area contributed by atoms with Crippen LogP contribution in [0.3, 0.4) is 0 Å². The van der Waals surface area contributed by atoms with Crippen LogP contribution in [0.5, 0.6) is 0 Å². The van der Waals surface area contributed by atoms with Crippen LogP contribution in [0.15, 0.2) is 17.2 Å². The molecule has 0 saturated heterocycles. The van der Waals surface area contributed by atoms with Crippen molar-refractivity contribution in [3.05, 3.63) is 23.4 Å². The summed E-state index contributed by atoms with van der Waals surface area (Å²) in [6.07, 6.45) is 1.74. The summed E-state index contributed by atoms with van der Waals surface area (Å²) in [5.74, 6) is -1.08. The number of carbonyl (C=O) groups is 1. The van der Waals surface area contributed by atoms with E-state index in [1.54, 1.807) is 6.26 Å². The van der Waals surface area contributed by atoms with Gasteiger partial charge in [0.1, 0.15) is 16.8 Å². The highest BCUT2D eigenvalue weighted by atomic mass is 32.2. The second kappa shape index (κ2) is 3.92. The van der Waals surface area contributed by atoms with E-state index in [9.17, 15) is 4.79 Å². The van der Waals surface area contributed by atoms with Gasteiger partial charge in [0.15, 0.2) is 0 Å². The summed E-state index contributed by atoms with van der Waals surface area (Å²) in [6, 6.07) is 4.72. The lowest BCUT2D eigenvalue weighted by molar-refractivity contribution is 0.0689. The van der Waals surface area contributed by atoms with Crippen molar-refractivity contribution in [2.45, 2.75) is 5.03 Å². The fraction of sp³-hybridized carbons (Fsp3) is 0.125. The van der Waals surface area contributed by atoms with Gasteiger partial charge in [0.05, 0.1) is 5.56 Å². The Kier molecular flexibility index (Phi) is 2.88. The Labute approximate surface area is 79.2 Å². The van der Waals surface area contributed by atoms with E-state index in [0.717, 1.165) is 0 Å². The molecule has 4 nitrogen and oxygen atoms in total. The van der Waals surface area contributed by atoms with Gasteiger partial charge in [0, 0.05) is 0 Å². The maximum absolute atomic E-state index is 10.5. The van der Waals surface area contributed by atoms with Crippen molar-refractivity contribution < 1.29 is 9.90 Å². The third-order valence-corrected chi connectivity index (χ3v) is 2.09. The molecule has 1 N–H and O–H groups in total. The van der Waals surface area contributed by atoms with Gasteiger partial charge in [-0.05, 0) is 18.4 Å². The van der Waals surface area contributed by atoms with Gasteiger partial charge < -0.3 is 5.11 Å². The lowest BCUT2D eigenvalue weighted by Crippen LogP contribution is -2.01. The van der Waals surface area contributed by atoms with Gasteiger partial charge in [-0.3, -0.25) is 0 Å². The fourth-order valence-corrected chi connectivity index (χ4v) is 1.32. The predicted octanol–water partition coefficient (Wildman–Crippen LogP) is 1.37. The maximum atomic E-state index is 10.5. The minimum atomic E-state index is -1.08. The second-order valence-corrected chi connectivity index (χ2v) is 2.97.